The summed E-state index contributed by atoms with van der Waals surface area (Å²) in [5.74, 6) is 0.158. The van der Waals surface area contributed by atoms with Crippen molar-refractivity contribution in [3.8, 4) is 17.3 Å². The van der Waals surface area contributed by atoms with E-state index >= 15 is 0 Å². The molecule has 4 N–H and O–H groups in total. The molecule has 112 valence electrons. The lowest BCUT2D eigenvalue weighted by Gasteiger charge is -2.28. The molecule has 0 amide bonds. The van der Waals surface area contributed by atoms with Crippen LogP contribution in [0.5, 0.6) is 0 Å². The Morgan fingerprint density at radius 2 is 1.77 bits per heavy atom. The van der Waals surface area contributed by atoms with E-state index in [-0.39, 0.29) is 17.3 Å². The second-order valence-corrected chi connectivity index (χ2v) is 4.95. The molecular formula is C15H16N6O. The third-order valence-electron chi connectivity index (χ3n) is 3.58. The Bertz CT molecular complexity index is 716. The van der Waals surface area contributed by atoms with Crippen LogP contribution in [-0.4, -0.2) is 36.3 Å². The maximum Gasteiger partial charge on any atom is 0.222 e. The van der Waals surface area contributed by atoms with E-state index < -0.39 is 0 Å². The van der Waals surface area contributed by atoms with Gasteiger partial charge in [0.2, 0.25) is 5.95 Å². The molecule has 22 heavy (non-hydrogen) atoms. The van der Waals surface area contributed by atoms with Gasteiger partial charge in [0.05, 0.1) is 18.9 Å². The summed E-state index contributed by atoms with van der Waals surface area (Å²) in [5.41, 5.74) is 14.0. The fraction of sp³-hybridized carbons (Fsp3) is 0.267. The van der Waals surface area contributed by atoms with E-state index in [2.05, 4.69) is 14.9 Å². The van der Waals surface area contributed by atoms with Gasteiger partial charge in [-0.1, -0.05) is 12.1 Å². The Hall–Kier alpha value is -2.85. The first-order chi connectivity index (χ1) is 10.7. The Kier molecular flexibility index (Phi) is 3.76. The van der Waals surface area contributed by atoms with Gasteiger partial charge < -0.3 is 21.1 Å². The Labute approximate surface area is 128 Å². The smallest absolute Gasteiger partial charge is 0.222 e. The lowest BCUT2D eigenvalue weighted by molar-refractivity contribution is 0.122. The number of benzene rings is 1. The van der Waals surface area contributed by atoms with Crippen LogP contribution in [0.15, 0.2) is 24.3 Å². The highest BCUT2D eigenvalue weighted by Crippen LogP contribution is 2.27. The van der Waals surface area contributed by atoms with Gasteiger partial charge in [-0.15, -0.1) is 0 Å². The molecule has 1 fully saturated rings. The number of rotatable bonds is 2. The number of morpholine rings is 1. The van der Waals surface area contributed by atoms with Gasteiger partial charge in [0.15, 0.2) is 0 Å². The molecule has 7 nitrogen and oxygen atoms in total. The average Bonchev–Trinajstić information content (AvgIpc) is 2.55. The SMILES string of the molecule is N#Cc1c(N)nc(N)nc1-c1ccc(N2CCOCC2)cc1. The van der Waals surface area contributed by atoms with Gasteiger partial charge in [-0.3, -0.25) is 0 Å². The minimum atomic E-state index is 0.0590. The summed E-state index contributed by atoms with van der Waals surface area (Å²) in [6.45, 7) is 3.21. The van der Waals surface area contributed by atoms with Crippen LogP contribution in [0.25, 0.3) is 11.3 Å². The third-order valence-corrected chi connectivity index (χ3v) is 3.58. The van der Waals surface area contributed by atoms with Gasteiger partial charge in [-0.2, -0.15) is 10.2 Å². The topological polar surface area (TPSA) is 114 Å². The summed E-state index contributed by atoms with van der Waals surface area (Å²) in [7, 11) is 0. The molecule has 0 atom stereocenters. The summed E-state index contributed by atoms with van der Waals surface area (Å²) in [5, 5.41) is 9.24. The van der Waals surface area contributed by atoms with E-state index in [0.717, 1.165) is 37.6 Å². The zero-order valence-electron chi connectivity index (χ0n) is 12.0. The fourth-order valence-electron chi connectivity index (χ4n) is 2.47. The van der Waals surface area contributed by atoms with E-state index in [0.29, 0.717) is 5.69 Å². The maximum absolute atomic E-state index is 9.24. The number of ether oxygens (including phenoxy) is 1. The third kappa shape index (κ3) is 2.64. The van der Waals surface area contributed by atoms with Crippen LogP contribution in [0.4, 0.5) is 17.5 Å². The highest BCUT2D eigenvalue weighted by molar-refractivity contribution is 5.74. The van der Waals surface area contributed by atoms with Crippen molar-refractivity contribution in [3.05, 3.63) is 29.8 Å². The summed E-state index contributed by atoms with van der Waals surface area (Å²) < 4.78 is 5.35. The molecule has 0 bridgehead atoms. The molecule has 0 radical (unpaired) electrons. The van der Waals surface area contributed by atoms with Crippen molar-refractivity contribution in [1.82, 2.24) is 9.97 Å². The zero-order chi connectivity index (χ0) is 15.5. The number of hydrogen-bond donors (Lipinski definition) is 2. The average molecular weight is 296 g/mol. The fourth-order valence-corrected chi connectivity index (χ4v) is 2.47. The molecule has 2 aromatic rings. The summed E-state index contributed by atoms with van der Waals surface area (Å²) in [6, 6.07) is 9.85. The number of nitriles is 1. The molecule has 1 aromatic carbocycles. The summed E-state index contributed by atoms with van der Waals surface area (Å²) in [6.07, 6.45) is 0. The molecule has 2 heterocycles. The molecule has 0 saturated carbocycles. The monoisotopic (exact) mass is 296 g/mol. The molecule has 1 saturated heterocycles. The highest BCUT2D eigenvalue weighted by atomic mass is 16.5. The van der Waals surface area contributed by atoms with Gasteiger partial charge in [0.1, 0.15) is 17.5 Å². The van der Waals surface area contributed by atoms with Gasteiger partial charge in [-0.05, 0) is 12.1 Å². The van der Waals surface area contributed by atoms with E-state index in [1.54, 1.807) is 0 Å². The van der Waals surface area contributed by atoms with Crippen LogP contribution in [0, 0.1) is 11.3 Å². The van der Waals surface area contributed by atoms with Crippen molar-refractivity contribution in [2.45, 2.75) is 0 Å². The molecule has 1 aromatic heterocycles. The molecule has 0 spiro atoms. The number of nitrogens with zero attached hydrogens (tertiary/aromatic N) is 4. The second kappa shape index (κ2) is 5.87. The van der Waals surface area contributed by atoms with Crippen molar-refractivity contribution in [2.24, 2.45) is 0 Å². The van der Waals surface area contributed by atoms with Gasteiger partial charge in [0.25, 0.3) is 0 Å². The quantitative estimate of drug-likeness (QED) is 0.850. The number of anilines is 3. The van der Waals surface area contributed by atoms with Crippen LogP contribution in [0.2, 0.25) is 0 Å². The first-order valence-electron chi connectivity index (χ1n) is 6.95. The van der Waals surface area contributed by atoms with Gasteiger partial charge in [0, 0.05) is 24.3 Å². The first-order valence-corrected chi connectivity index (χ1v) is 6.95. The van der Waals surface area contributed by atoms with Crippen LogP contribution >= 0.6 is 0 Å². The molecule has 3 rings (SSSR count). The number of aromatic nitrogens is 2. The Morgan fingerprint density at radius 3 is 2.41 bits per heavy atom. The standard InChI is InChI=1S/C15H16N6O/c16-9-12-13(19-15(18)20-14(12)17)10-1-3-11(4-2-10)21-5-7-22-8-6-21/h1-4H,5-8H2,(H4,17,18,19,20). The predicted octanol–water partition coefficient (Wildman–Crippen LogP) is 1.02. The molecular weight excluding hydrogens is 280 g/mol. The first kappa shape index (κ1) is 14.1. The van der Waals surface area contributed by atoms with Crippen molar-refractivity contribution in [1.29, 1.82) is 5.26 Å². The van der Waals surface area contributed by atoms with E-state index in [1.165, 1.54) is 0 Å². The van der Waals surface area contributed by atoms with Gasteiger partial charge >= 0.3 is 0 Å². The second-order valence-electron chi connectivity index (χ2n) is 4.95. The van der Waals surface area contributed by atoms with E-state index in [4.69, 9.17) is 16.2 Å². The normalized spacial score (nSPS) is 14.6. The van der Waals surface area contributed by atoms with E-state index in [9.17, 15) is 5.26 Å². The van der Waals surface area contributed by atoms with Crippen LogP contribution < -0.4 is 16.4 Å². The largest absolute Gasteiger partial charge is 0.382 e. The molecule has 7 heteroatoms. The van der Waals surface area contributed by atoms with Crippen molar-refractivity contribution in [3.63, 3.8) is 0 Å². The lowest BCUT2D eigenvalue weighted by atomic mass is 10.1. The molecule has 1 aliphatic rings. The van der Waals surface area contributed by atoms with E-state index in [1.807, 2.05) is 30.3 Å². The predicted molar refractivity (Wildman–Crippen MR) is 84.0 cm³/mol. The van der Waals surface area contributed by atoms with Crippen LogP contribution in [0.1, 0.15) is 5.56 Å². The zero-order valence-corrected chi connectivity index (χ0v) is 12.0. The molecule has 1 aliphatic heterocycles. The van der Waals surface area contributed by atoms with Gasteiger partial charge in [-0.25, -0.2) is 4.98 Å². The number of nitrogens with two attached hydrogens (primary N) is 2. The van der Waals surface area contributed by atoms with Crippen molar-refractivity contribution in [2.75, 3.05) is 42.7 Å². The lowest BCUT2D eigenvalue weighted by Crippen LogP contribution is -2.36. The minimum Gasteiger partial charge on any atom is -0.382 e. The summed E-state index contributed by atoms with van der Waals surface area (Å²) in [4.78, 5) is 10.2. The molecule has 0 aliphatic carbocycles. The number of nitrogen functional groups attached to an aromatic ring is 2. The van der Waals surface area contributed by atoms with Crippen LogP contribution in [-0.2, 0) is 4.74 Å². The van der Waals surface area contributed by atoms with Crippen molar-refractivity contribution < 1.29 is 4.74 Å². The highest BCUT2D eigenvalue weighted by Gasteiger charge is 2.15. The minimum absolute atomic E-state index is 0.0590. The summed E-state index contributed by atoms with van der Waals surface area (Å²) >= 11 is 0. The van der Waals surface area contributed by atoms with Crippen LogP contribution in [0.3, 0.4) is 0 Å². The van der Waals surface area contributed by atoms with Crippen molar-refractivity contribution >= 4 is 17.5 Å². The maximum atomic E-state index is 9.24. The number of hydrogen-bond acceptors (Lipinski definition) is 7. The molecule has 0 unspecified atom stereocenters. The Balaban J connectivity index is 1.95. The Morgan fingerprint density at radius 1 is 1.09 bits per heavy atom.